The molecule has 0 saturated heterocycles. The highest BCUT2D eigenvalue weighted by Crippen LogP contribution is 2.35. The first-order chi connectivity index (χ1) is 14.6. The lowest BCUT2D eigenvalue weighted by Gasteiger charge is -2.14. The maximum Gasteiger partial charge on any atom is 0.416 e. The van der Waals surface area contributed by atoms with E-state index >= 15 is 0 Å². The Morgan fingerprint density at radius 1 is 0.839 bits per heavy atom. The number of benzene rings is 3. The van der Waals surface area contributed by atoms with Gasteiger partial charge in [0.15, 0.2) is 0 Å². The van der Waals surface area contributed by atoms with E-state index in [-0.39, 0.29) is 17.0 Å². The fourth-order valence-corrected chi connectivity index (χ4v) is 3.46. The van der Waals surface area contributed by atoms with Crippen molar-refractivity contribution in [2.24, 2.45) is 4.99 Å². The fourth-order valence-electron chi connectivity index (χ4n) is 3.46. The number of ether oxygens (including phenoxy) is 1. The van der Waals surface area contributed by atoms with Crippen molar-refractivity contribution in [2.45, 2.75) is 25.2 Å². The van der Waals surface area contributed by atoms with Crippen molar-refractivity contribution in [3.05, 3.63) is 94.8 Å². The van der Waals surface area contributed by atoms with Crippen LogP contribution in [-0.4, -0.2) is 12.0 Å². The number of nitrogens with zero attached hydrogens (tertiary/aromatic N) is 1. The summed E-state index contributed by atoms with van der Waals surface area (Å²) in [6.45, 7) is 1.70. The van der Waals surface area contributed by atoms with Gasteiger partial charge in [0.05, 0.1) is 5.56 Å². The van der Waals surface area contributed by atoms with Crippen LogP contribution in [0.15, 0.2) is 65.7 Å². The van der Waals surface area contributed by atoms with Gasteiger partial charge in [-0.1, -0.05) is 36.4 Å². The lowest BCUT2D eigenvalue weighted by molar-refractivity contribution is -0.137. The van der Waals surface area contributed by atoms with E-state index in [1.54, 1.807) is 31.2 Å². The van der Waals surface area contributed by atoms with E-state index in [0.29, 0.717) is 17.2 Å². The minimum atomic E-state index is -4.63. The van der Waals surface area contributed by atoms with Crippen LogP contribution in [0.5, 0.6) is 0 Å². The Morgan fingerprint density at radius 2 is 1.48 bits per heavy atom. The van der Waals surface area contributed by atoms with Crippen LogP contribution in [0.3, 0.4) is 0 Å². The predicted octanol–water partition coefficient (Wildman–Crippen LogP) is 6.70. The van der Waals surface area contributed by atoms with Gasteiger partial charge < -0.3 is 4.74 Å². The molecule has 2 unspecified atom stereocenters. The molecular formula is C23H15F6NO. The van der Waals surface area contributed by atoms with Gasteiger partial charge in [0.2, 0.25) is 5.90 Å². The molecule has 0 aromatic heterocycles. The molecule has 0 N–H and O–H groups in total. The second-order valence-corrected chi connectivity index (χ2v) is 7.11. The van der Waals surface area contributed by atoms with Crippen molar-refractivity contribution >= 4 is 5.90 Å². The Labute approximate surface area is 173 Å². The summed E-state index contributed by atoms with van der Waals surface area (Å²) in [4.78, 5) is 4.31. The van der Waals surface area contributed by atoms with Gasteiger partial charge in [0, 0.05) is 5.56 Å². The monoisotopic (exact) mass is 435 g/mol. The molecule has 0 amide bonds. The molecule has 0 radical (unpaired) electrons. The molecule has 0 aliphatic carbocycles. The van der Waals surface area contributed by atoms with Crippen LogP contribution < -0.4 is 0 Å². The number of halogens is 6. The summed E-state index contributed by atoms with van der Waals surface area (Å²) in [5.41, 5.74) is -0.362. The van der Waals surface area contributed by atoms with Gasteiger partial charge in [-0.2, -0.15) is 13.2 Å². The number of hydrogen-bond acceptors (Lipinski definition) is 2. The predicted molar refractivity (Wildman–Crippen MR) is 103 cm³/mol. The number of hydrogen-bond donors (Lipinski definition) is 0. The first-order valence-corrected chi connectivity index (χ1v) is 9.31. The molecular weight excluding hydrogens is 420 g/mol. The standard InChI is InChI=1S/C23H15F6NO/c1-12-21(30-22(31-12)20-17(24)3-2-4-18(20)25)14-7-5-13(6-8-14)16-10-9-15(11-19(16)26)23(27,28)29/h2-12,21H,1H3. The van der Waals surface area contributed by atoms with E-state index in [4.69, 9.17) is 4.74 Å². The van der Waals surface area contributed by atoms with Gasteiger partial charge in [-0.25, -0.2) is 18.2 Å². The van der Waals surface area contributed by atoms with Crippen molar-refractivity contribution in [2.75, 3.05) is 0 Å². The SMILES string of the molecule is CC1OC(c2c(F)cccc2F)=NC1c1ccc(-c2ccc(C(F)(F)F)cc2F)cc1. The molecule has 3 aromatic rings. The summed E-state index contributed by atoms with van der Waals surface area (Å²) in [6, 6.07) is 11.6. The van der Waals surface area contributed by atoms with Crippen molar-refractivity contribution in [1.29, 1.82) is 0 Å². The summed E-state index contributed by atoms with van der Waals surface area (Å²) >= 11 is 0. The highest BCUT2D eigenvalue weighted by atomic mass is 19.4. The first-order valence-electron chi connectivity index (χ1n) is 9.31. The summed E-state index contributed by atoms with van der Waals surface area (Å²) in [5.74, 6) is -2.72. The molecule has 3 aromatic carbocycles. The van der Waals surface area contributed by atoms with Crippen LogP contribution in [-0.2, 0) is 10.9 Å². The van der Waals surface area contributed by atoms with Crippen LogP contribution in [0, 0.1) is 17.5 Å². The van der Waals surface area contributed by atoms with E-state index in [9.17, 15) is 26.3 Å². The third-order valence-corrected chi connectivity index (χ3v) is 5.03. The summed E-state index contributed by atoms with van der Waals surface area (Å²) < 4.78 is 86.0. The van der Waals surface area contributed by atoms with E-state index in [0.717, 1.165) is 24.3 Å². The van der Waals surface area contributed by atoms with Crippen LogP contribution in [0.1, 0.15) is 29.7 Å². The summed E-state index contributed by atoms with van der Waals surface area (Å²) in [7, 11) is 0. The lowest BCUT2D eigenvalue weighted by Crippen LogP contribution is -2.14. The van der Waals surface area contributed by atoms with Gasteiger partial charge in [-0.15, -0.1) is 0 Å². The maximum atomic E-state index is 14.2. The van der Waals surface area contributed by atoms with Crippen LogP contribution in [0.25, 0.3) is 11.1 Å². The minimum Gasteiger partial charge on any atom is -0.472 e. The molecule has 0 saturated carbocycles. The summed E-state index contributed by atoms with van der Waals surface area (Å²) in [5, 5.41) is 0. The topological polar surface area (TPSA) is 21.6 Å². The number of aliphatic imine (C=N–C) groups is 1. The average molecular weight is 435 g/mol. The molecule has 31 heavy (non-hydrogen) atoms. The molecule has 8 heteroatoms. The van der Waals surface area contributed by atoms with Crippen molar-refractivity contribution in [3.63, 3.8) is 0 Å². The third kappa shape index (κ3) is 4.02. The second-order valence-electron chi connectivity index (χ2n) is 7.11. The summed E-state index contributed by atoms with van der Waals surface area (Å²) in [6.07, 6.45) is -5.14. The quantitative estimate of drug-likeness (QED) is 0.420. The van der Waals surface area contributed by atoms with Crippen LogP contribution in [0.4, 0.5) is 26.3 Å². The van der Waals surface area contributed by atoms with Gasteiger partial charge in [-0.3, -0.25) is 0 Å². The molecule has 0 fully saturated rings. The molecule has 0 spiro atoms. The number of rotatable bonds is 3. The molecule has 160 valence electrons. The first kappa shape index (κ1) is 21.0. The van der Waals surface area contributed by atoms with Crippen molar-refractivity contribution in [1.82, 2.24) is 0 Å². The average Bonchev–Trinajstić information content (AvgIpc) is 3.08. The minimum absolute atomic E-state index is 0.0212. The molecule has 1 heterocycles. The largest absolute Gasteiger partial charge is 0.472 e. The van der Waals surface area contributed by atoms with Gasteiger partial charge in [0.1, 0.15) is 35.2 Å². The van der Waals surface area contributed by atoms with Crippen molar-refractivity contribution < 1.29 is 31.1 Å². The zero-order chi connectivity index (χ0) is 22.3. The second kappa shape index (κ2) is 7.76. The third-order valence-electron chi connectivity index (χ3n) is 5.03. The van der Waals surface area contributed by atoms with E-state index in [1.807, 2.05) is 0 Å². The molecule has 2 atom stereocenters. The van der Waals surface area contributed by atoms with Crippen LogP contribution in [0.2, 0.25) is 0 Å². The van der Waals surface area contributed by atoms with E-state index in [1.165, 1.54) is 6.07 Å². The van der Waals surface area contributed by atoms with Gasteiger partial charge >= 0.3 is 6.18 Å². The smallest absolute Gasteiger partial charge is 0.416 e. The Hall–Kier alpha value is -3.29. The molecule has 0 bridgehead atoms. The van der Waals surface area contributed by atoms with E-state index in [2.05, 4.69) is 4.99 Å². The zero-order valence-electron chi connectivity index (χ0n) is 16.1. The zero-order valence-corrected chi connectivity index (χ0v) is 16.1. The highest BCUT2D eigenvalue weighted by molar-refractivity contribution is 5.96. The maximum absolute atomic E-state index is 14.2. The lowest BCUT2D eigenvalue weighted by atomic mass is 9.98. The normalized spacial score (nSPS) is 18.6. The Bertz CT molecular complexity index is 1130. The van der Waals surface area contributed by atoms with Crippen LogP contribution >= 0.6 is 0 Å². The molecule has 4 rings (SSSR count). The van der Waals surface area contributed by atoms with Gasteiger partial charge in [0.25, 0.3) is 0 Å². The van der Waals surface area contributed by atoms with Crippen molar-refractivity contribution in [3.8, 4) is 11.1 Å². The molecule has 1 aliphatic heterocycles. The Kier molecular flexibility index (Phi) is 5.24. The molecule has 2 nitrogen and oxygen atoms in total. The molecule has 1 aliphatic rings. The Morgan fingerprint density at radius 3 is 2.06 bits per heavy atom. The highest BCUT2D eigenvalue weighted by Gasteiger charge is 2.33. The fraction of sp³-hybridized carbons (Fsp3) is 0.174. The van der Waals surface area contributed by atoms with Gasteiger partial charge in [-0.05, 0) is 42.3 Å². The number of alkyl halides is 3. The Balaban J connectivity index is 1.62. The van der Waals surface area contributed by atoms with E-state index < -0.39 is 41.3 Å².